The van der Waals surface area contributed by atoms with Crippen molar-refractivity contribution in [1.82, 2.24) is 4.90 Å². The first-order chi connectivity index (χ1) is 5.01. The Bertz CT molecular complexity index is 245. The van der Waals surface area contributed by atoms with E-state index in [9.17, 15) is 9.00 Å². The molecule has 2 amide bonds. The zero-order valence-corrected chi connectivity index (χ0v) is 6.89. The maximum Gasteiger partial charge on any atom is 0.314 e. The van der Waals surface area contributed by atoms with Gasteiger partial charge in [-0.3, -0.25) is 4.78 Å². The SMILES string of the molecule is N=S1(=O)CCN(C(N)=O)CC1. The number of amides is 2. The van der Waals surface area contributed by atoms with E-state index in [0.717, 1.165) is 0 Å². The Hall–Kier alpha value is -0.780. The molecule has 0 saturated carbocycles. The van der Waals surface area contributed by atoms with E-state index in [1.165, 1.54) is 4.90 Å². The standard InChI is InChI=1S/C5H11N3O2S/c6-5(9)8-1-3-11(7,10)4-2-8/h7H,1-4H2,(H2,6,9). The summed E-state index contributed by atoms with van der Waals surface area (Å²) in [6.45, 7) is 0.718. The van der Waals surface area contributed by atoms with Crippen LogP contribution in [0.2, 0.25) is 0 Å². The summed E-state index contributed by atoms with van der Waals surface area (Å²) in [5.41, 5.74) is 4.99. The number of nitrogens with two attached hydrogens (primary N) is 1. The molecule has 0 bridgehead atoms. The molecular formula is C5H11N3O2S. The lowest BCUT2D eigenvalue weighted by Crippen LogP contribution is -2.45. The van der Waals surface area contributed by atoms with Crippen LogP contribution in [0.3, 0.4) is 0 Å². The molecule has 0 aromatic carbocycles. The van der Waals surface area contributed by atoms with Crippen LogP contribution < -0.4 is 5.73 Å². The predicted octanol–water partition coefficient (Wildman–Crippen LogP) is -0.573. The van der Waals surface area contributed by atoms with Gasteiger partial charge in [-0.05, 0) is 0 Å². The summed E-state index contributed by atoms with van der Waals surface area (Å²) in [7, 11) is -2.40. The van der Waals surface area contributed by atoms with Crippen molar-refractivity contribution in [1.29, 1.82) is 4.78 Å². The van der Waals surface area contributed by atoms with Crippen molar-refractivity contribution >= 4 is 15.8 Å². The molecule has 0 spiro atoms. The molecule has 1 rings (SSSR count). The number of hydrogen-bond acceptors (Lipinski definition) is 3. The Labute approximate surface area is 65.5 Å². The predicted molar refractivity (Wildman–Crippen MR) is 41.8 cm³/mol. The highest BCUT2D eigenvalue weighted by atomic mass is 32.2. The number of hydrogen-bond donors (Lipinski definition) is 2. The number of carbonyl (C=O) groups excluding carboxylic acids is 1. The first-order valence-corrected chi connectivity index (χ1v) is 5.19. The number of carbonyl (C=O) groups is 1. The van der Waals surface area contributed by atoms with Gasteiger partial charge in [0.15, 0.2) is 0 Å². The summed E-state index contributed by atoms with van der Waals surface area (Å²) in [6, 6.07) is -0.486. The zero-order chi connectivity index (χ0) is 8.48. The Morgan fingerprint density at radius 3 is 2.27 bits per heavy atom. The highest BCUT2D eigenvalue weighted by molar-refractivity contribution is 7.92. The lowest BCUT2D eigenvalue weighted by molar-refractivity contribution is 0.212. The molecule has 6 heteroatoms. The number of nitrogens with zero attached hydrogens (tertiary/aromatic N) is 1. The minimum atomic E-state index is -2.40. The molecule has 0 atom stereocenters. The van der Waals surface area contributed by atoms with Crippen LogP contribution in [0.5, 0.6) is 0 Å². The van der Waals surface area contributed by atoms with Crippen molar-refractivity contribution in [2.75, 3.05) is 24.6 Å². The quantitative estimate of drug-likeness (QED) is 0.519. The Morgan fingerprint density at radius 1 is 1.45 bits per heavy atom. The summed E-state index contributed by atoms with van der Waals surface area (Å²) >= 11 is 0. The van der Waals surface area contributed by atoms with E-state index in [0.29, 0.717) is 13.1 Å². The number of nitrogens with one attached hydrogen (secondary N) is 1. The lowest BCUT2D eigenvalue weighted by Gasteiger charge is -2.25. The number of rotatable bonds is 0. The van der Waals surface area contributed by atoms with E-state index in [1.807, 2.05) is 0 Å². The second-order valence-corrected chi connectivity index (χ2v) is 4.99. The van der Waals surface area contributed by atoms with E-state index in [-0.39, 0.29) is 11.5 Å². The fourth-order valence-corrected chi connectivity index (χ4v) is 2.18. The van der Waals surface area contributed by atoms with Crippen LogP contribution in [0.15, 0.2) is 0 Å². The molecular weight excluding hydrogens is 166 g/mol. The minimum Gasteiger partial charge on any atom is -0.351 e. The van der Waals surface area contributed by atoms with Gasteiger partial charge in [-0.2, -0.15) is 0 Å². The zero-order valence-electron chi connectivity index (χ0n) is 6.08. The molecule has 0 aliphatic carbocycles. The molecule has 1 aliphatic heterocycles. The summed E-state index contributed by atoms with van der Waals surface area (Å²) in [5.74, 6) is 0.520. The van der Waals surface area contributed by atoms with Crippen molar-refractivity contribution in [2.24, 2.45) is 5.73 Å². The molecule has 3 N–H and O–H groups in total. The van der Waals surface area contributed by atoms with Gasteiger partial charge in [-0.25, -0.2) is 9.00 Å². The summed E-state index contributed by atoms with van der Waals surface area (Å²) < 4.78 is 18.3. The summed E-state index contributed by atoms with van der Waals surface area (Å²) in [4.78, 5) is 12.0. The molecule has 0 aromatic rings. The van der Waals surface area contributed by atoms with Crippen LogP contribution in [0.25, 0.3) is 0 Å². The van der Waals surface area contributed by atoms with E-state index in [2.05, 4.69) is 0 Å². The maximum absolute atomic E-state index is 11.1. The van der Waals surface area contributed by atoms with E-state index < -0.39 is 15.8 Å². The van der Waals surface area contributed by atoms with Gasteiger partial charge in [0.05, 0.1) is 0 Å². The Balaban J connectivity index is 2.56. The highest BCUT2D eigenvalue weighted by Crippen LogP contribution is 2.03. The normalized spacial score (nSPS) is 23.1. The third-order valence-electron chi connectivity index (χ3n) is 1.69. The van der Waals surface area contributed by atoms with Gasteiger partial charge >= 0.3 is 6.03 Å². The minimum absolute atomic E-state index is 0.260. The number of urea groups is 1. The Kier molecular flexibility index (Phi) is 2.03. The molecule has 1 heterocycles. The third kappa shape index (κ3) is 2.07. The van der Waals surface area contributed by atoms with Crippen LogP contribution in [-0.4, -0.2) is 39.7 Å². The molecule has 0 aromatic heterocycles. The van der Waals surface area contributed by atoms with Crippen molar-refractivity contribution in [3.05, 3.63) is 0 Å². The smallest absolute Gasteiger partial charge is 0.314 e. The fraction of sp³-hybridized carbons (Fsp3) is 0.800. The first kappa shape index (κ1) is 8.32. The Morgan fingerprint density at radius 2 is 1.91 bits per heavy atom. The van der Waals surface area contributed by atoms with Crippen molar-refractivity contribution in [2.45, 2.75) is 0 Å². The van der Waals surface area contributed by atoms with Gasteiger partial charge in [0.25, 0.3) is 0 Å². The van der Waals surface area contributed by atoms with Gasteiger partial charge in [0.2, 0.25) is 0 Å². The average Bonchev–Trinajstić information content (AvgIpc) is 1.86. The van der Waals surface area contributed by atoms with Crippen molar-refractivity contribution in [3.63, 3.8) is 0 Å². The first-order valence-electron chi connectivity index (χ1n) is 3.30. The molecule has 0 radical (unpaired) electrons. The van der Waals surface area contributed by atoms with Crippen LogP contribution >= 0.6 is 0 Å². The fourth-order valence-electron chi connectivity index (χ4n) is 0.950. The average molecular weight is 177 g/mol. The summed E-state index contributed by atoms with van der Waals surface area (Å²) in [6.07, 6.45) is 0. The number of primary amides is 1. The van der Waals surface area contributed by atoms with Crippen molar-refractivity contribution < 1.29 is 9.00 Å². The highest BCUT2D eigenvalue weighted by Gasteiger charge is 2.20. The molecule has 1 fully saturated rings. The molecule has 64 valence electrons. The van der Waals surface area contributed by atoms with E-state index >= 15 is 0 Å². The van der Waals surface area contributed by atoms with Gasteiger partial charge in [0.1, 0.15) is 0 Å². The second kappa shape index (κ2) is 2.69. The van der Waals surface area contributed by atoms with Crippen LogP contribution in [-0.2, 0) is 9.73 Å². The van der Waals surface area contributed by atoms with Crippen LogP contribution in [0.4, 0.5) is 4.79 Å². The van der Waals surface area contributed by atoms with Gasteiger partial charge < -0.3 is 10.6 Å². The molecule has 5 nitrogen and oxygen atoms in total. The summed E-state index contributed by atoms with van der Waals surface area (Å²) in [5, 5.41) is 0. The topological polar surface area (TPSA) is 87.2 Å². The van der Waals surface area contributed by atoms with Gasteiger partial charge in [-0.15, -0.1) is 0 Å². The second-order valence-electron chi connectivity index (χ2n) is 2.55. The van der Waals surface area contributed by atoms with Crippen molar-refractivity contribution in [3.8, 4) is 0 Å². The largest absolute Gasteiger partial charge is 0.351 e. The lowest BCUT2D eigenvalue weighted by atomic mass is 10.5. The monoisotopic (exact) mass is 177 g/mol. The van der Waals surface area contributed by atoms with E-state index in [4.69, 9.17) is 10.5 Å². The molecule has 1 aliphatic rings. The third-order valence-corrected chi connectivity index (χ3v) is 3.38. The molecule has 11 heavy (non-hydrogen) atoms. The van der Waals surface area contributed by atoms with Crippen LogP contribution in [0, 0.1) is 4.78 Å². The van der Waals surface area contributed by atoms with Gasteiger partial charge in [0, 0.05) is 34.3 Å². The van der Waals surface area contributed by atoms with Crippen LogP contribution in [0.1, 0.15) is 0 Å². The van der Waals surface area contributed by atoms with E-state index in [1.54, 1.807) is 0 Å². The molecule has 0 unspecified atom stereocenters. The maximum atomic E-state index is 11.1. The van der Waals surface area contributed by atoms with Gasteiger partial charge in [-0.1, -0.05) is 0 Å². The molecule has 1 saturated heterocycles.